The molecule has 4 heteroatoms. The van der Waals surface area contributed by atoms with E-state index >= 15 is 0 Å². The summed E-state index contributed by atoms with van der Waals surface area (Å²) in [6.45, 7) is 6.22. The molecule has 20 heavy (non-hydrogen) atoms. The summed E-state index contributed by atoms with van der Waals surface area (Å²) in [6, 6.07) is 12.6. The van der Waals surface area contributed by atoms with Crippen LogP contribution >= 0.6 is 11.3 Å². The Kier molecular flexibility index (Phi) is 3.59. The van der Waals surface area contributed by atoms with Crippen LogP contribution in [0, 0.1) is 6.92 Å². The second kappa shape index (κ2) is 5.38. The second-order valence-electron chi connectivity index (χ2n) is 5.08. The summed E-state index contributed by atoms with van der Waals surface area (Å²) in [5, 5.41) is 4.65. The van der Waals surface area contributed by atoms with Crippen LogP contribution in [-0.4, -0.2) is 4.98 Å². The fourth-order valence-corrected chi connectivity index (χ4v) is 3.27. The van der Waals surface area contributed by atoms with Gasteiger partial charge in [0.25, 0.3) is 0 Å². The summed E-state index contributed by atoms with van der Waals surface area (Å²) in [5.41, 5.74) is 1.07. The molecule has 0 bridgehead atoms. The van der Waals surface area contributed by atoms with Gasteiger partial charge in [-0.05, 0) is 45.0 Å². The van der Waals surface area contributed by atoms with Crippen molar-refractivity contribution in [3.63, 3.8) is 0 Å². The van der Waals surface area contributed by atoms with Crippen LogP contribution in [0.1, 0.15) is 42.5 Å². The lowest BCUT2D eigenvalue weighted by molar-refractivity contribution is 0.392. The third kappa shape index (κ3) is 2.62. The van der Waals surface area contributed by atoms with Crippen molar-refractivity contribution in [1.82, 2.24) is 10.3 Å². The van der Waals surface area contributed by atoms with Crippen LogP contribution in [-0.2, 0) is 0 Å². The van der Waals surface area contributed by atoms with Gasteiger partial charge in [-0.25, -0.2) is 4.98 Å². The number of thiazole rings is 1. The Hall–Kier alpha value is -1.65. The minimum absolute atomic E-state index is 0.172. The molecule has 3 rings (SSSR count). The van der Waals surface area contributed by atoms with Crippen LogP contribution < -0.4 is 5.32 Å². The maximum absolute atomic E-state index is 5.66. The molecule has 3 aromatic rings. The molecule has 0 aliphatic rings. The number of hydrogen-bond donors (Lipinski definition) is 1. The lowest BCUT2D eigenvalue weighted by Gasteiger charge is -2.16. The highest BCUT2D eigenvalue weighted by molar-refractivity contribution is 7.18. The van der Waals surface area contributed by atoms with Crippen molar-refractivity contribution in [3.8, 4) is 0 Å². The summed E-state index contributed by atoms with van der Waals surface area (Å²) in [7, 11) is 0. The fraction of sp³-hybridized carbons (Fsp3) is 0.312. The Bertz CT molecular complexity index is 683. The van der Waals surface area contributed by atoms with Gasteiger partial charge in [-0.2, -0.15) is 0 Å². The molecular formula is C16H18N2OS. The molecule has 0 spiro atoms. The van der Waals surface area contributed by atoms with E-state index in [1.54, 1.807) is 11.3 Å². The van der Waals surface area contributed by atoms with E-state index in [1.807, 2.05) is 25.1 Å². The molecule has 0 fully saturated rings. The van der Waals surface area contributed by atoms with Crippen LogP contribution in [0.25, 0.3) is 10.2 Å². The molecule has 0 amide bonds. The Morgan fingerprint density at radius 1 is 1.10 bits per heavy atom. The highest BCUT2D eigenvalue weighted by atomic mass is 32.1. The smallest absolute Gasteiger partial charge is 0.120 e. The van der Waals surface area contributed by atoms with E-state index in [9.17, 15) is 0 Å². The van der Waals surface area contributed by atoms with E-state index < -0.39 is 0 Å². The zero-order chi connectivity index (χ0) is 14.1. The lowest BCUT2D eigenvalue weighted by Crippen LogP contribution is -2.21. The molecule has 1 aromatic carbocycles. The zero-order valence-electron chi connectivity index (χ0n) is 11.9. The van der Waals surface area contributed by atoms with Crippen LogP contribution in [0.2, 0.25) is 0 Å². The average Bonchev–Trinajstić information content (AvgIpc) is 3.04. The minimum Gasteiger partial charge on any atom is -0.465 e. The third-order valence-electron chi connectivity index (χ3n) is 3.37. The summed E-state index contributed by atoms with van der Waals surface area (Å²) < 4.78 is 6.90. The molecule has 2 heterocycles. The van der Waals surface area contributed by atoms with Gasteiger partial charge in [0.15, 0.2) is 0 Å². The van der Waals surface area contributed by atoms with E-state index in [4.69, 9.17) is 4.42 Å². The molecular weight excluding hydrogens is 268 g/mol. The Morgan fingerprint density at radius 3 is 2.60 bits per heavy atom. The van der Waals surface area contributed by atoms with Gasteiger partial charge in [-0.15, -0.1) is 11.3 Å². The lowest BCUT2D eigenvalue weighted by atomic mass is 10.2. The van der Waals surface area contributed by atoms with Crippen molar-refractivity contribution in [2.45, 2.75) is 32.9 Å². The minimum atomic E-state index is 0.172. The Balaban J connectivity index is 1.76. The first kappa shape index (κ1) is 13.3. The first-order valence-electron chi connectivity index (χ1n) is 6.81. The molecule has 0 saturated carbocycles. The van der Waals surface area contributed by atoms with Crippen LogP contribution in [0.5, 0.6) is 0 Å². The number of aryl methyl sites for hydroxylation is 1. The van der Waals surface area contributed by atoms with Gasteiger partial charge >= 0.3 is 0 Å². The third-order valence-corrected chi connectivity index (χ3v) is 4.59. The fourth-order valence-electron chi connectivity index (χ4n) is 2.29. The van der Waals surface area contributed by atoms with Crippen molar-refractivity contribution in [1.29, 1.82) is 0 Å². The SMILES string of the molecule is Cc1ccc(C(C)NC(C)c2nc3ccccc3s2)o1. The van der Waals surface area contributed by atoms with Gasteiger partial charge in [-0.1, -0.05) is 12.1 Å². The number of furan rings is 1. The molecule has 3 nitrogen and oxygen atoms in total. The molecule has 0 saturated heterocycles. The quantitative estimate of drug-likeness (QED) is 0.761. The van der Waals surface area contributed by atoms with Crippen molar-refractivity contribution in [2.24, 2.45) is 0 Å². The molecule has 104 valence electrons. The molecule has 1 N–H and O–H groups in total. The molecule has 2 unspecified atom stereocenters. The number of nitrogens with zero attached hydrogens (tertiary/aromatic N) is 1. The van der Waals surface area contributed by atoms with Gasteiger partial charge in [0.1, 0.15) is 16.5 Å². The molecule has 0 radical (unpaired) electrons. The standard InChI is InChI=1S/C16H18N2OS/c1-10-8-9-14(19-10)11(2)17-12(3)16-18-13-6-4-5-7-15(13)20-16/h4-9,11-12,17H,1-3H3. The molecule has 0 aliphatic carbocycles. The summed E-state index contributed by atoms with van der Waals surface area (Å²) >= 11 is 1.74. The van der Waals surface area contributed by atoms with Gasteiger partial charge in [0.2, 0.25) is 0 Å². The predicted molar refractivity (Wildman–Crippen MR) is 83.0 cm³/mol. The highest BCUT2D eigenvalue weighted by Gasteiger charge is 2.16. The number of nitrogens with one attached hydrogen (secondary N) is 1. The van der Waals surface area contributed by atoms with E-state index in [2.05, 4.69) is 42.3 Å². The Labute approximate surface area is 122 Å². The monoisotopic (exact) mass is 286 g/mol. The summed E-state index contributed by atoms with van der Waals surface area (Å²) in [5.74, 6) is 1.91. The molecule has 2 atom stereocenters. The zero-order valence-corrected chi connectivity index (χ0v) is 12.7. The maximum Gasteiger partial charge on any atom is 0.120 e. The largest absolute Gasteiger partial charge is 0.465 e. The number of hydrogen-bond acceptors (Lipinski definition) is 4. The number of aromatic nitrogens is 1. The first-order chi connectivity index (χ1) is 9.63. The average molecular weight is 286 g/mol. The summed E-state index contributed by atoms with van der Waals surface area (Å²) in [6.07, 6.45) is 0. The Morgan fingerprint density at radius 2 is 1.90 bits per heavy atom. The first-order valence-corrected chi connectivity index (χ1v) is 7.63. The van der Waals surface area contributed by atoms with Crippen molar-refractivity contribution >= 4 is 21.6 Å². The van der Waals surface area contributed by atoms with Gasteiger partial charge in [0, 0.05) is 0 Å². The topological polar surface area (TPSA) is 38.1 Å². The van der Waals surface area contributed by atoms with Crippen molar-refractivity contribution in [3.05, 3.63) is 52.9 Å². The van der Waals surface area contributed by atoms with Crippen molar-refractivity contribution in [2.75, 3.05) is 0 Å². The van der Waals surface area contributed by atoms with Crippen LogP contribution in [0.15, 0.2) is 40.8 Å². The summed E-state index contributed by atoms with van der Waals surface area (Å²) in [4.78, 5) is 4.69. The number of benzene rings is 1. The number of rotatable bonds is 4. The van der Waals surface area contributed by atoms with Crippen molar-refractivity contribution < 1.29 is 4.42 Å². The molecule has 0 aliphatic heterocycles. The highest BCUT2D eigenvalue weighted by Crippen LogP contribution is 2.28. The number of fused-ring (bicyclic) bond motifs is 1. The predicted octanol–water partition coefficient (Wildman–Crippen LogP) is 4.61. The van der Waals surface area contributed by atoms with E-state index in [1.165, 1.54) is 4.70 Å². The second-order valence-corrected chi connectivity index (χ2v) is 6.14. The van der Waals surface area contributed by atoms with Crippen LogP contribution in [0.4, 0.5) is 0 Å². The van der Waals surface area contributed by atoms with Crippen LogP contribution in [0.3, 0.4) is 0 Å². The van der Waals surface area contributed by atoms with Gasteiger partial charge < -0.3 is 4.42 Å². The molecule has 2 aromatic heterocycles. The van der Waals surface area contributed by atoms with Gasteiger partial charge in [0.05, 0.1) is 22.3 Å². The van der Waals surface area contributed by atoms with E-state index in [0.717, 1.165) is 22.0 Å². The number of para-hydroxylation sites is 1. The van der Waals surface area contributed by atoms with E-state index in [-0.39, 0.29) is 12.1 Å². The van der Waals surface area contributed by atoms with Gasteiger partial charge in [-0.3, -0.25) is 5.32 Å². The maximum atomic E-state index is 5.66. The van der Waals surface area contributed by atoms with E-state index in [0.29, 0.717) is 0 Å². The normalized spacial score (nSPS) is 14.6.